The Morgan fingerprint density at radius 3 is 2.24 bits per heavy atom. The quantitative estimate of drug-likeness (QED) is 0.689. The van der Waals surface area contributed by atoms with E-state index in [1.165, 1.54) is 6.92 Å². The maximum atomic E-state index is 13.4. The van der Waals surface area contributed by atoms with Crippen molar-refractivity contribution < 1.29 is 27.5 Å². The number of amides is 1. The van der Waals surface area contributed by atoms with Crippen molar-refractivity contribution in [3.8, 4) is 0 Å². The lowest BCUT2D eigenvalue weighted by atomic mass is 10.1. The van der Waals surface area contributed by atoms with E-state index in [-0.39, 0.29) is 0 Å². The predicted molar refractivity (Wildman–Crippen MR) is 69.1 cm³/mol. The van der Waals surface area contributed by atoms with E-state index in [4.69, 9.17) is 4.74 Å². The molecule has 0 saturated carbocycles. The molecule has 7 heteroatoms. The van der Waals surface area contributed by atoms with Gasteiger partial charge in [0.25, 0.3) is 5.91 Å². The third-order valence-electron chi connectivity index (χ3n) is 2.39. The van der Waals surface area contributed by atoms with E-state index in [9.17, 15) is 22.8 Å². The summed E-state index contributed by atoms with van der Waals surface area (Å²) in [6.45, 7) is 6.28. The smallest absolute Gasteiger partial charge is 0.328 e. The zero-order valence-electron chi connectivity index (χ0n) is 12.1. The van der Waals surface area contributed by atoms with Gasteiger partial charge < -0.3 is 10.1 Å². The summed E-state index contributed by atoms with van der Waals surface area (Å²) in [5.41, 5.74) is -1.44. The van der Waals surface area contributed by atoms with Crippen LogP contribution in [-0.2, 0) is 9.53 Å². The van der Waals surface area contributed by atoms with Crippen LogP contribution in [0.4, 0.5) is 13.2 Å². The summed E-state index contributed by atoms with van der Waals surface area (Å²) in [7, 11) is 0. The van der Waals surface area contributed by atoms with Gasteiger partial charge in [-0.2, -0.15) is 0 Å². The maximum Gasteiger partial charge on any atom is 0.328 e. The molecular formula is C14H16F3NO3. The van der Waals surface area contributed by atoms with Gasteiger partial charge in [0.05, 0.1) is 5.56 Å². The molecule has 1 rings (SSSR count). The lowest BCUT2D eigenvalue weighted by Crippen LogP contribution is -2.42. The number of benzene rings is 1. The van der Waals surface area contributed by atoms with Crippen LogP contribution in [0, 0.1) is 17.5 Å². The van der Waals surface area contributed by atoms with Crippen LogP contribution < -0.4 is 5.32 Å². The summed E-state index contributed by atoms with van der Waals surface area (Å²) in [6.07, 6.45) is 0. The van der Waals surface area contributed by atoms with Crippen molar-refractivity contribution in [1.29, 1.82) is 0 Å². The van der Waals surface area contributed by atoms with Crippen LogP contribution >= 0.6 is 0 Å². The molecule has 0 saturated heterocycles. The molecule has 0 aliphatic heterocycles. The Bertz CT molecular complexity index is 567. The zero-order valence-corrected chi connectivity index (χ0v) is 12.1. The van der Waals surface area contributed by atoms with Gasteiger partial charge in [-0.3, -0.25) is 4.79 Å². The fourth-order valence-electron chi connectivity index (χ4n) is 1.42. The summed E-state index contributed by atoms with van der Waals surface area (Å²) in [6, 6.07) is 0.361. The highest BCUT2D eigenvalue weighted by molar-refractivity contribution is 5.96. The van der Waals surface area contributed by atoms with Gasteiger partial charge in [-0.15, -0.1) is 0 Å². The van der Waals surface area contributed by atoms with Gasteiger partial charge >= 0.3 is 5.97 Å². The van der Waals surface area contributed by atoms with Crippen molar-refractivity contribution in [2.24, 2.45) is 0 Å². The van der Waals surface area contributed by atoms with E-state index in [0.717, 1.165) is 6.07 Å². The van der Waals surface area contributed by atoms with Crippen LogP contribution in [0.25, 0.3) is 0 Å². The second-order valence-electron chi connectivity index (χ2n) is 5.45. The number of ether oxygens (including phenoxy) is 1. The Morgan fingerprint density at radius 2 is 1.71 bits per heavy atom. The molecule has 1 aromatic carbocycles. The molecule has 21 heavy (non-hydrogen) atoms. The van der Waals surface area contributed by atoms with E-state index in [1.54, 1.807) is 20.8 Å². The molecule has 0 unspecified atom stereocenters. The lowest BCUT2D eigenvalue weighted by Gasteiger charge is -2.22. The number of carbonyl (C=O) groups excluding carboxylic acids is 2. The van der Waals surface area contributed by atoms with Crippen molar-refractivity contribution >= 4 is 11.9 Å². The largest absolute Gasteiger partial charge is 0.458 e. The highest BCUT2D eigenvalue weighted by Crippen LogP contribution is 2.15. The number of esters is 1. The maximum absolute atomic E-state index is 13.4. The molecule has 0 heterocycles. The Labute approximate surface area is 120 Å². The molecule has 0 aliphatic rings. The van der Waals surface area contributed by atoms with Crippen LogP contribution in [0.1, 0.15) is 38.1 Å². The third kappa shape index (κ3) is 4.47. The molecular weight excluding hydrogens is 287 g/mol. The van der Waals surface area contributed by atoms with Crippen LogP contribution in [0.2, 0.25) is 0 Å². The highest BCUT2D eigenvalue weighted by atomic mass is 19.2. The number of hydrogen-bond acceptors (Lipinski definition) is 3. The van der Waals surface area contributed by atoms with Crippen LogP contribution in [0.15, 0.2) is 12.1 Å². The SMILES string of the molecule is C[C@H](NC(=O)c1ccc(F)c(F)c1F)C(=O)OC(C)(C)C. The first-order valence-electron chi connectivity index (χ1n) is 6.20. The molecule has 116 valence electrons. The summed E-state index contributed by atoms with van der Waals surface area (Å²) in [4.78, 5) is 23.4. The van der Waals surface area contributed by atoms with E-state index in [1.807, 2.05) is 0 Å². The normalized spacial score (nSPS) is 12.7. The molecule has 1 aromatic rings. The van der Waals surface area contributed by atoms with Crippen molar-refractivity contribution in [3.05, 3.63) is 35.1 Å². The van der Waals surface area contributed by atoms with Gasteiger partial charge in [-0.25, -0.2) is 18.0 Å². The first kappa shape index (κ1) is 17.0. The van der Waals surface area contributed by atoms with Gasteiger partial charge in [0.15, 0.2) is 17.5 Å². The topological polar surface area (TPSA) is 55.4 Å². The molecule has 1 atom stereocenters. The number of halogens is 3. The first-order chi connectivity index (χ1) is 9.53. The fourth-order valence-corrected chi connectivity index (χ4v) is 1.42. The molecule has 0 bridgehead atoms. The number of hydrogen-bond donors (Lipinski definition) is 1. The van der Waals surface area contributed by atoms with Crippen LogP contribution in [0.5, 0.6) is 0 Å². The Balaban J connectivity index is 2.82. The Hall–Kier alpha value is -2.05. The van der Waals surface area contributed by atoms with E-state index < -0.39 is 46.5 Å². The summed E-state index contributed by atoms with van der Waals surface area (Å²) >= 11 is 0. The lowest BCUT2D eigenvalue weighted by molar-refractivity contribution is -0.156. The number of nitrogens with one attached hydrogen (secondary N) is 1. The standard InChI is InChI=1S/C14H16F3NO3/c1-7(13(20)21-14(2,3)4)18-12(19)8-5-6-9(15)11(17)10(8)16/h5-7H,1-4H3,(H,18,19)/t7-/m0/s1. The summed E-state index contributed by atoms with van der Waals surface area (Å²) in [5.74, 6) is -6.51. The van der Waals surface area contributed by atoms with E-state index >= 15 is 0 Å². The molecule has 0 spiro atoms. The Kier molecular flexibility index (Phi) is 4.98. The predicted octanol–water partition coefficient (Wildman–Crippen LogP) is 2.56. The first-order valence-corrected chi connectivity index (χ1v) is 6.20. The fraction of sp³-hybridized carbons (Fsp3) is 0.429. The van der Waals surface area contributed by atoms with Gasteiger partial charge in [-0.05, 0) is 39.8 Å². The Morgan fingerprint density at radius 1 is 1.14 bits per heavy atom. The van der Waals surface area contributed by atoms with Gasteiger partial charge in [0, 0.05) is 0 Å². The van der Waals surface area contributed by atoms with E-state index in [0.29, 0.717) is 6.07 Å². The monoisotopic (exact) mass is 303 g/mol. The van der Waals surface area contributed by atoms with Crippen LogP contribution in [0.3, 0.4) is 0 Å². The zero-order chi connectivity index (χ0) is 16.4. The van der Waals surface area contributed by atoms with E-state index in [2.05, 4.69) is 5.32 Å². The molecule has 4 nitrogen and oxygen atoms in total. The molecule has 0 aromatic heterocycles. The second kappa shape index (κ2) is 6.15. The van der Waals surface area contributed by atoms with Crippen molar-refractivity contribution in [3.63, 3.8) is 0 Å². The average molecular weight is 303 g/mol. The number of rotatable bonds is 3. The average Bonchev–Trinajstić information content (AvgIpc) is 2.33. The van der Waals surface area contributed by atoms with Gasteiger partial charge in [0.1, 0.15) is 11.6 Å². The van der Waals surface area contributed by atoms with Crippen molar-refractivity contribution in [2.45, 2.75) is 39.3 Å². The molecule has 0 fully saturated rings. The minimum absolute atomic E-state index is 0.630. The third-order valence-corrected chi connectivity index (χ3v) is 2.39. The van der Waals surface area contributed by atoms with Crippen molar-refractivity contribution in [2.75, 3.05) is 0 Å². The molecule has 1 N–H and O–H groups in total. The van der Waals surface area contributed by atoms with Gasteiger partial charge in [0.2, 0.25) is 0 Å². The van der Waals surface area contributed by atoms with Crippen LogP contribution in [-0.4, -0.2) is 23.5 Å². The molecule has 0 radical (unpaired) electrons. The minimum Gasteiger partial charge on any atom is -0.458 e. The van der Waals surface area contributed by atoms with Crippen molar-refractivity contribution in [1.82, 2.24) is 5.32 Å². The minimum atomic E-state index is -1.74. The summed E-state index contributed by atoms with van der Waals surface area (Å²) in [5, 5.41) is 2.16. The summed E-state index contributed by atoms with van der Waals surface area (Å²) < 4.78 is 44.3. The molecule has 0 aliphatic carbocycles. The van der Waals surface area contributed by atoms with Gasteiger partial charge in [-0.1, -0.05) is 0 Å². The second-order valence-corrected chi connectivity index (χ2v) is 5.45. The number of carbonyl (C=O) groups is 2. The highest BCUT2D eigenvalue weighted by Gasteiger charge is 2.25. The molecule has 1 amide bonds.